The van der Waals surface area contributed by atoms with Crippen LogP contribution in [0.4, 0.5) is 5.69 Å². The van der Waals surface area contributed by atoms with Gasteiger partial charge in [-0.15, -0.1) is 0 Å². The van der Waals surface area contributed by atoms with Crippen molar-refractivity contribution in [3.8, 4) is 0 Å². The van der Waals surface area contributed by atoms with Gasteiger partial charge in [-0.3, -0.25) is 4.79 Å². The molecule has 0 atom stereocenters. The fourth-order valence-corrected chi connectivity index (χ4v) is 2.97. The Morgan fingerprint density at radius 3 is 2.25 bits per heavy atom. The maximum atomic E-state index is 12.1. The molecular formula is C17H26N2O. The number of amides is 1. The van der Waals surface area contributed by atoms with Crippen LogP contribution in [0.15, 0.2) is 24.3 Å². The number of rotatable bonds is 5. The molecule has 0 aliphatic heterocycles. The lowest BCUT2D eigenvalue weighted by molar-refractivity contribution is 0.0941. The van der Waals surface area contributed by atoms with Crippen molar-refractivity contribution >= 4 is 11.6 Å². The predicted octanol–water partition coefficient (Wildman–Crippen LogP) is 3.67. The van der Waals surface area contributed by atoms with E-state index in [9.17, 15) is 4.79 Å². The zero-order valence-electron chi connectivity index (χ0n) is 12.6. The third-order valence-corrected chi connectivity index (χ3v) is 4.53. The van der Waals surface area contributed by atoms with E-state index in [1.807, 2.05) is 31.3 Å². The number of anilines is 1. The molecule has 2 rings (SSSR count). The summed E-state index contributed by atoms with van der Waals surface area (Å²) in [6.45, 7) is 3.10. The van der Waals surface area contributed by atoms with E-state index in [1.165, 1.54) is 32.1 Å². The van der Waals surface area contributed by atoms with Gasteiger partial charge in [-0.1, -0.05) is 26.2 Å². The van der Waals surface area contributed by atoms with E-state index in [2.05, 4.69) is 17.6 Å². The summed E-state index contributed by atoms with van der Waals surface area (Å²) >= 11 is 0. The number of nitrogens with one attached hydrogen (secondary N) is 2. The first kappa shape index (κ1) is 14.9. The van der Waals surface area contributed by atoms with Crippen LogP contribution in [0.1, 0.15) is 49.4 Å². The van der Waals surface area contributed by atoms with Crippen molar-refractivity contribution in [2.24, 2.45) is 11.8 Å². The Morgan fingerprint density at radius 2 is 1.70 bits per heavy atom. The van der Waals surface area contributed by atoms with E-state index in [4.69, 9.17) is 0 Å². The molecule has 3 heteroatoms. The van der Waals surface area contributed by atoms with Gasteiger partial charge >= 0.3 is 0 Å². The van der Waals surface area contributed by atoms with Crippen molar-refractivity contribution in [1.82, 2.24) is 5.32 Å². The van der Waals surface area contributed by atoms with Gasteiger partial charge in [0.2, 0.25) is 0 Å². The fraction of sp³-hybridized carbons (Fsp3) is 0.588. The highest BCUT2D eigenvalue weighted by atomic mass is 16.1. The van der Waals surface area contributed by atoms with E-state index in [0.29, 0.717) is 5.92 Å². The Morgan fingerprint density at radius 1 is 1.10 bits per heavy atom. The minimum atomic E-state index is 0.0465. The highest BCUT2D eigenvalue weighted by Crippen LogP contribution is 2.30. The highest BCUT2D eigenvalue weighted by Gasteiger charge is 2.20. The Hall–Kier alpha value is -1.51. The van der Waals surface area contributed by atoms with Gasteiger partial charge in [0.05, 0.1) is 0 Å². The fourth-order valence-electron chi connectivity index (χ4n) is 2.97. The molecule has 0 aromatic heterocycles. The zero-order valence-corrected chi connectivity index (χ0v) is 12.6. The number of carbonyl (C=O) groups is 1. The summed E-state index contributed by atoms with van der Waals surface area (Å²) in [6, 6.07) is 7.60. The van der Waals surface area contributed by atoms with Crippen LogP contribution in [-0.4, -0.2) is 19.5 Å². The average Bonchev–Trinajstić information content (AvgIpc) is 2.53. The van der Waals surface area contributed by atoms with E-state index < -0.39 is 0 Å². The highest BCUT2D eigenvalue weighted by molar-refractivity contribution is 5.94. The molecule has 3 nitrogen and oxygen atoms in total. The van der Waals surface area contributed by atoms with Crippen LogP contribution in [0.3, 0.4) is 0 Å². The van der Waals surface area contributed by atoms with Gasteiger partial charge in [0.15, 0.2) is 0 Å². The molecule has 0 unspecified atom stereocenters. The van der Waals surface area contributed by atoms with Gasteiger partial charge in [-0.2, -0.15) is 0 Å². The summed E-state index contributed by atoms with van der Waals surface area (Å²) in [7, 11) is 1.88. The maximum Gasteiger partial charge on any atom is 0.251 e. The van der Waals surface area contributed by atoms with Gasteiger partial charge in [-0.25, -0.2) is 0 Å². The van der Waals surface area contributed by atoms with Gasteiger partial charge < -0.3 is 10.6 Å². The Kier molecular flexibility index (Phi) is 5.45. The van der Waals surface area contributed by atoms with E-state index >= 15 is 0 Å². The van der Waals surface area contributed by atoms with E-state index in [0.717, 1.165) is 23.7 Å². The number of hydrogen-bond acceptors (Lipinski definition) is 2. The zero-order chi connectivity index (χ0) is 14.4. The van der Waals surface area contributed by atoms with Crippen LogP contribution in [0.2, 0.25) is 0 Å². The molecule has 1 fully saturated rings. The Balaban J connectivity index is 1.77. The van der Waals surface area contributed by atoms with Gasteiger partial charge in [0.25, 0.3) is 5.91 Å². The molecule has 1 aromatic rings. The molecule has 0 heterocycles. The second-order valence-electron chi connectivity index (χ2n) is 5.83. The van der Waals surface area contributed by atoms with E-state index in [-0.39, 0.29) is 5.91 Å². The molecule has 0 radical (unpaired) electrons. The smallest absolute Gasteiger partial charge is 0.251 e. The summed E-state index contributed by atoms with van der Waals surface area (Å²) in [5, 5.41) is 6.13. The molecule has 1 aliphatic carbocycles. The van der Waals surface area contributed by atoms with Gasteiger partial charge in [0.1, 0.15) is 0 Å². The molecule has 110 valence electrons. The molecule has 0 spiro atoms. The van der Waals surface area contributed by atoms with Crippen molar-refractivity contribution < 1.29 is 4.79 Å². The average molecular weight is 274 g/mol. The van der Waals surface area contributed by atoms with Crippen molar-refractivity contribution in [1.29, 1.82) is 0 Å². The second kappa shape index (κ2) is 7.32. The van der Waals surface area contributed by atoms with Crippen molar-refractivity contribution in [2.75, 3.05) is 18.9 Å². The Bertz CT molecular complexity index is 419. The molecule has 1 aliphatic rings. The molecule has 1 amide bonds. The lowest BCUT2D eigenvalue weighted by Gasteiger charge is -2.27. The Labute approximate surface area is 122 Å². The van der Waals surface area contributed by atoms with Gasteiger partial charge in [-0.05, 0) is 48.9 Å². The minimum absolute atomic E-state index is 0.0465. The third kappa shape index (κ3) is 3.99. The topological polar surface area (TPSA) is 41.1 Å². The number of hydrogen-bond donors (Lipinski definition) is 2. The lowest BCUT2D eigenvalue weighted by Crippen LogP contribution is -2.31. The summed E-state index contributed by atoms with van der Waals surface area (Å²) in [6.07, 6.45) is 6.48. The molecule has 0 saturated heterocycles. The van der Waals surface area contributed by atoms with Crippen LogP contribution >= 0.6 is 0 Å². The maximum absolute atomic E-state index is 12.1. The van der Waals surface area contributed by atoms with Crippen molar-refractivity contribution in [3.63, 3.8) is 0 Å². The molecular weight excluding hydrogens is 248 g/mol. The SMILES string of the molecule is CCC1CCC(CNC(=O)c2ccc(NC)cc2)CC1. The standard InChI is InChI=1S/C17H26N2O/c1-3-13-4-6-14(7-5-13)12-19-17(20)15-8-10-16(18-2)11-9-15/h8-11,13-14,18H,3-7,12H2,1-2H3,(H,19,20). The summed E-state index contributed by atoms with van der Waals surface area (Å²) in [5.41, 5.74) is 1.77. The first-order valence-electron chi connectivity index (χ1n) is 7.79. The molecule has 2 N–H and O–H groups in total. The predicted molar refractivity (Wildman–Crippen MR) is 84.1 cm³/mol. The van der Waals surface area contributed by atoms with Crippen molar-refractivity contribution in [2.45, 2.75) is 39.0 Å². The van der Waals surface area contributed by atoms with Crippen LogP contribution in [0.25, 0.3) is 0 Å². The van der Waals surface area contributed by atoms with Gasteiger partial charge in [0, 0.05) is 24.8 Å². The quantitative estimate of drug-likeness (QED) is 0.860. The van der Waals surface area contributed by atoms with Crippen LogP contribution < -0.4 is 10.6 Å². The normalized spacial score (nSPS) is 22.3. The minimum Gasteiger partial charge on any atom is -0.388 e. The molecule has 0 bridgehead atoms. The first-order chi connectivity index (χ1) is 9.72. The van der Waals surface area contributed by atoms with Crippen molar-refractivity contribution in [3.05, 3.63) is 29.8 Å². The summed E-state index contributed by atoms with van der Waals surface area (Å²) < 4.78 is 0. The number of benzene rings is 1. The van der Waals surface area contributed by atoms with E-state index in [1.54, 1.807) is 0 Å². The monoisotopic (exact) mass is 274 g/mol. The van der Waals surface area contributed by atoms with Crippen LogP contribution in [0, 0.1) is 11.8 Å². The molecule has 1 aromatic carbocycles. The largest absolute Gasteiger partial charge is 0.388 e. The van der Waals surface area contributed by atoms with Crippen LogP contribution in [-0.2, 0) is 0 Å². The molecule has 1 saturated carbocycles. The summed E-state index contributed by atoms with van der Waals surface area (Å²) in [4.78, 5) is 12.1. The lowest BCUT2D eigenvalue weighted by atomic mass is 9.81. The summed E-state index contributed by atoms with van der Waals surface area (Å²) in [5.74, 6) is 1.62. The van der Waals surface area contributed by atoms with Crippen LogP contribution in [0.5, 0.6) is 0 Å². The second-order valence-corrected chi connectivity index (χ2v) is 5.83. The first-order valence-corrected chi connectivity index (χ1v) is 7.79. The molecule has 20 heavy (non-hydrogen) atoms. The number of carbonyl (C=O) groups excluding carboxylic acids is 1. The third-order valence-electron chi connectivity index (χ3n) is 4.53.